The number of rotatable bonds is 3. The van der Waals surface area contributed by atoms with Crippen LogP contribution in [0.2, 0.25) is 0 Å². The van der Waals surface area contributed by atoms with Gasteiger partial charge in [-0.25, -0.2) is 0 Å². The second-order valence-corrected chi connectivity index (χ2v) is 5.44. The van der Waals surface area contributed by atoms with E-state index in [-0.39, 0.29) is 5.60 Å². The Labute approximate surface area is 110 Å². The predicted molar refractivity (Wildman–Crippen MR) is 72.1 cm³/mol. The number of aldehydes is 1. The first-order valence-corrected chi connectivity index (χ1v) is 6.97. The number of hydrogen-bond donors (Lipinski definition) is 0. The Bertz CT molecular complexity index is 539. The van der Waals surface area contributed by atoms with E-state index in [1.165, 1.54) is 16.9 Å². The number of ether oxygens (including phenoxy) is 1. The molecular formula is C15H14O2S. The number of hydrogen-bond acceptors (Lipinski definition) is 3. The quantitative estimate of drug-likeness (QED) is 0.786. The average Bonchev–Trinajstić information content (AvgIpc) is 3.09. The largest absolute Gasteiger partial charge is 0.366 e. The minimum absolute atomic E-state index is 0.348. The summed E-state index contributed by atoms with van der Waals surface area (Å²) in [4.78, 5) is 11.6. The minimum Gasteiger partial charge on any atom is -0.366 e. The summed E-state index contributed by atoms with van der Waals surface area (Å²) in [5.41, 5.74) is 1.94. The standard InChI is InChI=1S/C15H14O2S/c16-10-14-9-13(11-18-14)15(7-4-8-17-15)12-5-2-1-3-6-12/h1-3,5-6,9-11H,4,7-8H2. The molecule has 3 rings (SSSR count). The van der Waals surface area contributed by atoms with Gasteiger partial charge in [-0.15, -0.1) is 11.3 Å². The summed E-state index contributed by atoms with van der Waals surface area (Å²) in [6, 6.07) is 12.2. The molecule has 1 aliphatic heterocycles. The maximum atomic E-state index is 10.8. The Kier molecular flexibility index (Phi) is 3.02. The molecule has 1 fully saturated rings. The Morgan fingerprint density at radius 3 is 2.67 bits per heavy atom. The zero-order valence-corrected chi connectivity index (χ0v) is 10.8. The van der Waals surface area contributed by atoms with Crippen molar-refractivity contribution in [2.75, 3.05) is 6.61 Å². The van der Waals surface area contributed by atoms with Gasteiger partial charge in [-0.05, 0) is 35.4 Å². The van der Waals surface area contributed by atoms with Crippen molar-refractivity contribution in [2.24, 2.45) is 0 Å². The summed E-state index contributed by atoms with van der Waals surface area (Å²) < 4.78 is 6.06. The molecule has 18 heavy (non-hydrogen) atoms. The fourth-order valence-corrected chi connectivity index (χ4v) is 3.37. The van der Waals surface area contributed by atoms with Crippen molar-refractivity contribution in [3.8, 4) is 0 Å². The first-order valence-electron chi connectivity index (χ1n) is 6.09. The van der Waals surface area contributed by atoms with E-state index >= 15 is 0 Å². The van der Waals surface area contributed by atoms with Crippen molar-refractivity contribution in [3.63, 3.8) is 0 Å². The van der Waals surface area contributed by atoms with E-state index in [4.69, 9.17) is 4.74 Å². The van der Waals surface area contributed by atoms with Crippen LogP contribution in [0, 0.1) is 0 Å². The molecule has 1 aromatic heterocycles. The minimum atomic E-state index is -0.348. The van der Waals surface area contributed by atoms with Gasteiger partial charge in [0.15, 0.2) is 6.29 Å². The smallest absolute Gasteiger partial charge is 0.160 e. The molecule has 2 heterocycles. The van der Waals surface area contributed by atoms with Crippen molar-refractivity contribution < 1.29 is 9.53 Å². The maximum Gasteiger partial charge on any atom is 0.160 e. The third kappa shape index (κ3) is 1.80. The lowest BCUT2D eigenvalue weighted by atomic mass is 9.85. The monoisotopic (exact) mass is 258 g/mol. The molecule has 2 aromatic rings. The molecule has 1 aromatic carbocycles. The third-order valence-electron chi connectivity index (χ3n) is 3.46. The highest BCUT2D eigenvalue weighted by atomic mass is 32.1. The second-order valence-electron chi connectivity index (χ2n) is 4.50. The van der Waals surface area contributed by atoms with Gasteiger partial charge in [-0.3, -0.25) is 4.79 Å². The summed E-state index contributed by atoms with van der Waals surface area (Å²) in [6.07, 6.45) is 2.94. The number of thiophene rings is 1. The highest BCUT2D eigenvalue weighted by molar-refractivity contribution is 7.11. The molecule has 0 aliphatic carbocycles. The first kappa shape index (κ1) is 11.6. The average molecular weight is 258 g/mol. The molecule has 3 heteroatoms. The lowest BCUT2D eigenvalue weighted by molar-refractivity contribution is 0.0363. The lowest BCUT2D eigenvalue weighted by Gasteiger charge is -2.28. The maximum absolute atomic E-state index is 10.8. The van der Waals surface area contributed by atoms with Crippen LogP contribution in [-0.4, -0.2) is 12.9 Å². The van der Waals surface area contributed by atoms with Crippen molar-refractivity contribution in [3.05, 3.63) is 57.8 Å². The molecule has 1 unspecified atom stereocenters. The van der Waals surface area contributed by atoms with Crippen LogP contribution >= 0.6 is 11.3 Å². The van der Waals surface area contributed by atoms with Gasteiger partial charge in [-0.2, -0.15) is 0 Å². The Hall–Kier alpha value is -1.45. The van der Waals surface area contributed by atoms with Gasteiger partial charge in [0.1, 0.15) is 5.60 Å². The number of carbonyl (C=O) groups excluding carboxylic acids is 1. The van der Waals surface area contributed by atoms with Crippen LogP contribution in [0.3, 0.4) is 0 Å². The molecule has 2 nitrogen and oxygen atoms in total. The van der Waals surface area contributed by atoms with E-state index in [1.54, 1.807) is 0 Å². The van der Waals surface area contributed by atoms with Gasteiger partial charge in [-0.1, -0.05) is 30.3 Å². The summed E-state index contributed by atoms with van der Waals surface area (Å²) in [7, 11) is 0. The van der Waals surface area contributed by atoms with Gasteiger partial charge in [0.05, 0.1) is 4.88 Å². The van der Waals surface area contributed by atoms with Crippen LogP contribution in [0.25, 0.3) is 0 Å². The zero-order chi connectivity index (χ0) is 12.4. The Morgan fingerprint density at radius 1 is 1.22 bits per heavy atom. The molecule has 0 N–H and O–H groups in total. The number of benzene rings is 1. The van der Waals surface area contributed by atoms with Gasteiger partial charge < -0.3 is 4.74 Å². The summed E-state index contributed by atoms with van der Waals surface area (Å²) in [5, 5.41) is 2.04. The fraction of sp³-hybridized carbons (Fsp3) is 0.267. The molecule has 1 saturated heterocycles. The summed E-state index contributed by atoms with van der Waals surface area (Å²) in [5.74, 6) is 0. The lowest BCUT2D eigenvalue weighted by Crippen LogP contribution is -2.25. The van der Waals surface area contributed by atoms with Crippen LogP contribution in [0.15, 0.2) is 41.8 Å². The van der Waals surface area contributed by atoms with Crippen LogP contribution in [0.4, 0.5) is 0 Å². The van der Waals surface area contributed by atoms with Crippen LogP contribution in [0.5, 0.6) is 0 Å². The van der Waals surface area contributed by atoms with Gasteiger partial charge in [0.25, 0.3) is 0 Å². The van der Waals surface area contributed by atoms with Crippen LogP contribution in [0.1, 0.15) is 33.6 Å². The molecule has 0 saturated carbocycles. The fourth-order valence-electron chi connectivity index (χ4n) is 2.60. The van der Waals surface area contributed by atoms with Crippen molar-refractivity contribution in [2.45, 2.75) is 18.4 Å². The van der Waals surface area contributed by atoms with Crippen LogP contribution in [-0.2, 0) is 10.3 Å². The molecule has 1 atom stereocenters. The third-order valence-corrected chi connectivity index (χ3v) is 4.32. The molecule has 0 radical (unpaired) electrons. The molecular weight excluding hydrogens is 244 g/mol. The van der Waals surface area contributed by atoms with Gasteiger partial charge >= 0.3 is 0 Å². The predicted octanol–water partition coefficient (Wildman–Crippen LogP) is 3.61. The molecule has 1 aliphatic rings. The SMILES string of the molecule is O=Cc1cc(C2(c3ccccc3)CCCO2)cs1. The van der Waals surface area contributed by atoms with E-state index in [0.717, 1.165) is 36.2 Å². The molecule has 0 bridgehead atoms. The van der Waals surface area contributed by atoms with Crippen molar-refractivity contribution >= 4 is 17.6 Å². The highest BCUT2D eigenvalue weighted by Crippen LogP contribution is 2.43. The van der Waals surface area contributed by atoms with E-state index in [1.807, 2.05) is 29.6 Å². The van der Waals surface area contributed by atoms with Crippen LogP contribution < -0.4 is 0 Å². The van der Waals surface area contributed by atoms with E-state index in [0.29, 0.717) is 0 Å². The van der Waals surface area contributed by atoms with Gasteiger partial charge in [0.2, 0.25) is 0 Å². The summed E-state index contributed by atoms with van der Waals surface area (Å²) >= 11 is 1.48. The highest BCUT2D eigenvalue weighted by Gasteiger charge is 2.39. The summed E-state index contributed by atoms with van der Waals surface area (Å²) in [6.45, 7) is 0.779. The molecule has 0 spiro atoms. The zero-order valence-electron chi connectivity index (χ0n) is 9.96. The molecule has 0 amide bonds. The van der Waals surface area contributed by atoms with E-state index < -0.39 is 0 Å². The first-order chi connectivity index (χ1) is 8.85. The van der Waals surface area contributed by atoms with Crippen molar-refractivity contribution in [1.82, 2.24) is 0 Å². The van der Waals surface area contributed by atoms with E-state index in [2.05, 4.69) is 12.1 Å². The second kappa shape index (κ2) is 4.67. The molecule has 92 valence electrons. The van der Waals surface area contributed by atoms with E-state index in [9.17, 15) is 4.79 Å². The Morgan fingerprint density at radius 2 is 2.06 bits per heavy atom. The van der Waals surface area contributed by atoms with Crippen molar-refractivity contribution in [1.29, 1.82) is 0 Å². The Balaban J connectivity index is 2.09. The topological polar surface area (TPSA) is 26.3 Å². The van der Waals surface area contributed by atoms with Gasteiger partial charge in [0, 0.05) is 6.61 Å². The number of carbonyl (C=O) groups is 1. The normalized spacial score (nSPS) is 23.1.